The van der Waals surface area contributed by atoms with E-state index >= 15 is 0 Å². The van der Waals surface area contributed by atoms with Crippen molar-refractivity contribution >= 4 is 7.82 Å². The van der Waals surface area contributed by atoms with Crippen LogP contribution < -0.4 is 0 Å². The quantitative estimate of drug-likeness (QED) is 0.471. The molecule has 4 nitrogen and oxygen atoms in total. The van der Waals surface area contributed by atoms with Gasteiger partial charge in [0.1, 0.15) is 0 Å². The smallest absolute Gasteiger partial charge is 0.303 e. The van der Waals surface area contributed by atoms with E-state index in [-0.39, 0.29) is 0 Å². The summed E-state index contributed by atoms with van der Waals surface area (Å²) >= 11 is 0. The van der Waals surface area contributed by atoms with Crippen LogP contribution in [0.2, 0.25) is 0 Å². The van der Waals surface area contributed by atoms with E-state index in [2.05, 4.69) is 4.52 Å². The average molecular weight is 408 g/mol. The minimum Gasteiger partial charge on any atom is -0.303 e. The van der Waals surface area contributed by atoms with E-state index in [9.17, 15) is 52.9 Å². The van der Waals surface area contributed by atoms with Crippen molar-refractivity contribution in [3.63, 3.8) is 0 Å². The molecule has 0 aromatic rings. The third-order valence-corrected chi connectivity index (χ3v) is 2.94. The molecule has 0 unspecified atom stereocenters. The fourth-order valence-electron chi connectivity index (χ4n) is 1.25. The fraction of sp³-hybridized carbons (Fsp3) is 1.00. The Labute approximate surface area is 125 Å². The van der Waals surface area contributed by atoms with Crippen molar-refractivity contribution in [2.24, 2.45) is 0 Å². The lowest BCUT2D eigenvalue weighted by atomic mass is 9.97. The van der Waals surface area contributed by atoms with Crippen LogP contribution >= 0.6 is 7.82 Å². The van der Waals surface area contributed by atoms with Gasteiger partial charge in [-0.25, -0.2) is 13.3 Å². The minimum absolute atomic E-state index is 1.66. The van der Waals surface area contributed by atoms with Gasteiger partial charge in [0.25, 0.3) is 5.92 Å². The Morgan fingerprint density at radius 1 is 0.792 bits per heavy atom. The Balaban J connectivity index is 5.27. The Bertz CT molecular complexity index is 483. The Kier molecular flexibility index (Phi) is 6.39. The second-order valence-corrected chi connectivity index (χ2v) is 5.70. The summed E-state index contributed by atoms with van der Waals surface area (Å²) in [7, 11) is -5.32. The zero-order valence-corrected chi connectivity index (χ0v) is 11.8. The van der Waals surface area contributed by atoms with E-state index in [0.29, 0.717) is 0 Å². The number of phosphoric ester groups is 1. The molecule has 0 aromatic carbocycles. The topological polar surface area (TPSA) is 66.8 Å². The first-order valence-corrected chi connectivity index (χ1v) is 6.97. The summed E-state index contributed by atoms with van der Waals surface area (Å²) in [5.41, 5.74) is 0. The van der Waals surface area contributed by atoms with Gasteiger partial charge in [0.05, 0.1) is 13.0 Å². The molecule has 0 spiro atoms. The van der Waals surface area contributed by atoms with E-state index in [1.54, 1.807) is 0 Å². The molecule has 24 heavy (non-hydrogen) atoms. The monoisotopic (exact) mass is 408 g/mol. The molecule has 0 bridgehead atoms. The molecule has 0 rings (SSSR count). The standard InChI is InChI=1S/C8H8F11O4P/c9-4(10,1-2-23-24(20,21)22)3-5(11,12)6(13,14)7(15,16)8(17,18)19/h1-3H2,(H2,20,21,22). The molecule has 0 atom stereocenters. The van der Waals surface area contributed by atoms with Gasteiger partial charge in [-0.3, -0.25) is 4.52 Å². The highest BCUT2D eigenvalue weighted by atomic mass is 31.2. The van der Waals surface area contributed by atoms with Crippen molar-refractivity contribution in [1.82, 2.24) is 0 Å². The first-order valence-electron chi connectivity index (χ1n) is 5.44. The van der Waals surface area contributed by atoms with E-state index in [0.717, 1.165) is 0 Å². The Morgan fingerprint density at radius 3 is 1.54 bits per heavy atom. The molecule has 146 valence electrons. The molecule has 0 heterocycles. The second-order valence-electron chi connectivity index (χ2n) is 4.46. The van der Waals surface area contributed by atoms with Crippen LogP contribution in [0.1, 0.15) is 12.8 Å². The second kappa shape index (κ2) is 6.57. The molecule has 0 saturated carbocycles. The lowest BCUT2D eigenvalue weighted by Crippen LogP contribution is -2.61. The molecule has 16 heteroatoms. The van der Waals surface area contributed by atoms with Gasteiger partial charge in [-0.15, -0.1) is 0 Å². The van der Waals surface area contributed by atoms with E-state index in [1.807, 2.05) is 0 Å². The van der Waals surface area contributed by atoms with Gasteiger partial charge >= 0.3 is 31.8 Å². The van der Waals surface area contributed by atoms with Crippen molar-refractivity contribution in [2.75, 3.05) is 6.61 Å². The summed E-state index contributed by atoms with van der Waals surface area (Å²) < 4.78 is 151. The van der Waals surface area contributed by atoms with E-state index in [4.69, 9.17) is 9.79 Å². The van der Waals surface area contributed by atoms with Crippen molar-refractivity contribution in [2.45, 2.75) is 42.7 Å². The van der Waals surface area contributed by atoms with Crippen LogP contribution in [-0.2, 0) is 9.09 Å². The van der Waals surface area contributed by atoms with Crippen LogP contribution in [-0.4, -0.2) is 46.3 Å². The number of phosphoric acid groups is 1. The molecule has 0 aliphatic carbocycles. The number of rotatable bonds is 8. The maximum absolute atomic E-state index is 13.0. The van der Waals surface area contributed by atoms with Gasteiger partial charge in [-0.1, -0.05) is 0 Å². The van der Waals surface area contributed by atoms with Crippen molar-refractivity contribution in [3.8, 4) is 0 Å². The molecular formula is C8H8F11O4P. The first-order chi connectivity index (χ1) is 10.2. The summed E-state index contributed by atoms with van der Waals surface area (Å²) in [5.74, 6) is -26.0. The van der Waals surface area contributed by atoms with Gasteiger partial charge in [0.2, 0.25) is 0 Å². The summed E-state index contributed by atoms with van der Waals surface area (Å²) in [6, 6.07) is 0. The first kappa shape index (κ1) is 23.3. The third-order valence-electron chi connectivity index (χ3n) is 2.42. The summed E-state index contributed by atoms with van der Waals surface area (Å²) in [5, 5.41) is 0. The van der Waals surface area contributed by atoms with Crippen molar-refractivity contribution < 1.29 is 67.2 Å². The average Bonchev–Trinajstić information content (AvgIpc) is 2.22. The van der Waals surface area contributed by atoms with Gasteiger partial charge in [-0.2, -0.15) is 39.5 Å². The SMILES string of the molecule is O=P(O)(O)OCCC(F)(F)CC(F)(F)C(F)(F)C(F)(F)C(F)(F)F. The molecule has 0 aliphatic heterocycles. The molecule has 0 aliphatic rings. The van der Waals surface area contributed by atoms with E-state index in [1.165, 1.54) is 0 Å². The molecular weight excluding hydrogens is 400 g/mol. The third kappa shape index (κ3) is 5.43. The molecule has 0 radical (unpaired) electrons. The van der Waals surface area contributed by atoms with Crippen molar-refractivity contribution in [3.05, 3.63) is 0 Å². The lowest BCUT2D eigenvalue weighted by Gasteiger charge is -2.35. The van der Waals surface area contributed by atoms with Crippen LogP contribution in [0.15, 0.2) is 0 Å². The summed E-state index contributed by atoms with van der Waals surface area (Å²) in [6.45, 7) is -1.66. The highest BCUT2D eigenvalue weighted by Crippen LogP contribution is 2.55. The van der Waals surface area contributed by atoms with Crippen molar-refractivity contribution in [1.29, 1.82) is 0 Å². The van der Waals surface area contributed by atoms with Gasteiger partial charge in [0, 0.05) is 6.42 Å². The number of halogens is 11. The van der Waals surface area contributed by atoms with Crippen LogP contribution in [0.3, 0.4) is 0 Å². The largest absolute Gasteiger partial charge is 0.469 e. The summed E-state index contributed by atoms with van der Waals surface area (Å²) in [4.78, 5) is 16.2. The number of hydrogen-bond acceptors (Lipinski definition) is 2. The number of hydrogen-bond donors (Lipinski definition) is 2. The molecule has 0 aromatic heterocycles. The zero-order valence-electron chi connectivity index (χ0n) is 10.9. The van der Waals surface area contributed by atoms with Crippen LogP contribution in [0.4, 0.5) is 48.3 Å². The normalized spacial score (nSPS) is 15.7. The Morgan fingerprint density at radius 2 is 1.21 bits per heavy atom. The lowest BCUT2D eigenvalue weighted by molar-refractivity contribution is -0.401. The maximum Gasteiger partial charge on any atom is 0.469 e. The Hall–Kier alpha value is -0.660. The molecule has 0 fully saturated rings. The zero-order chi connectivity index (χ0) is 19.8. The highest BCUT2D eigenvalue weighted by molar-refractivity contribution is 7.46. The van der Waals surface area contributed by atoms with Crippen LogP contribution in [0, 0.1) is 0 Å². The fourth-order valence-corrected chi connectivity index (χ4v) is 1.57. The predicted octanol–water partition coefficient (Wildman–Crippen LogP) is 3.98. The molecule has 2 N–H and O–H groups in total. The number of alkyl halides is 11. The minimum atomic E-state index is -7.30. The molecule has 0 amide bonds. The van der Waals surface area contributed by atoms with Crippen LogP contribution in [0.5, 0.6) is 0 Å². The van der Waals surface area contributed by atoms with E-state index < -0.39 is 57.1 Å². The van der Waals surface area contributed by atoms with Gasteiger partial charge in [0.15, 0.2) is 0 Å². The van der Waals surface area contributed by atoms with Gasteiger partial charge < -0.3 is 9.79 Å². The van der Waals surface area contributed by atoms with Crippen LogP contribution in [0.25, 0.3) is 0 Å². The summed E-state index contributed by atoms with van der Waals surface area (Å²) in [6.07, 6.45) is -12.6. The van der Waals surface area contributed by atoms with Gasteiger partial charge in [-0.05, 0) is 0 Å². The highest BCUT2D eigenvalue weighted by Gasteiger charge is 2.82. The maximum atomic E-state index is 13.0. The predicted molar refractivity (Wildman–Crippen MR) is 53.1 cm³/mol. The molecule has 0 saturated heterocycles.